The Morgan fingerprint density at radius 2 is 1.79 bits per heavy atom. The molecule has 2 saturated heterocycles. The van der Waals surface area contributed by atoms with Gasteiger partial charge in [0, 0.05) is 50.6 Å². The molecule has 2 amide bonds. The molecule has 1 aliphatic carbocycles. The van der Waals surface area contributed by atoms with E-state index >= 15 is 0 Å². The zero-order valence-electron chi connectivity index (χ0n) is 17.0. The van der Waals surface area contributed by atoms with Crippen molar-refractivity contribution in [3.8, 4) is 0 Å². The van der Waals surface area contributed by atoms with Crippen LogP contribution in [0.15, 0.2) is 24.4 Å². The molecule has 0 unspecified atom stereocenters. The van der Waals surface area contributed by atoms with Crippen LogP contribution in [-0.2, 0) is 9.53 Å². The van der Waals surface area contributed by atoms with Crippen molar-refractivity contribution >= 4 is 11.8 Å². The summed E-state index contributed by atoms with van der Waals surface area (Å²) in [6.45, 7) is 3.08. The fourth-order valence-electron chi connectivity index (χ4n) is 4.53. The monoisotopic (exact) mass is 400 g/mol. The predicted molar refractivity (Wildman–Crippen MR) is 109 cm³/mol. The lowest BCUT2D eigenvalue weighted by molar-refractivity contribution is -0.127. The smallest absolute Gasteiger partial charge is 0.270 e. The maximum Gasteiger partial charge on any atom is 0.270 e. The lowest BCUT2D eigenvalue weighted by atomic mass is 9.91. The van der Waals surface area contributed by atoms with Crippen LogP contribution in [0.2, 0.25) is 0 Å². The fraction of sp³-hybridized carbons (Fsp3) is 0.682. The van der Waals surface area contributed by atoms with Crippen LogP contribution in [0.1, 0.15) is 55.4 Å². The van der Waals surface area contributed by atoms with Gasteiger partial charge in [-0.1, -0.05) is 6.07 Å². The SMILES string of the molecule is O=C(N[C@H]1CC[C@@H](C(=O)NC2CCC2)CN(C2CCOCC2)C1)c1ccccn1. The second-order valence-electron chi connectivity index (χ2n) is 8.59. The molecule has 2 atom stereocenters. The average molecular weight is 401 g/mol. The maximum atomic E-state index is 12.9. The van der Waals surface area contributed by atoms with Crippen LogP contribution in [-0.4, -0.2) is 66.1 Å². The van der Waals surface area contributed by atoms with Crippen LogP contribution in [0.5, 0.6) is 0 Å². The third-order valence-corrected chi connectivity index (χ3v) is 6.54. The molecule has 1 aromatic heterocycles. The molecule has 7 nitrogen and oxygen atoms in total. The summed E-state index contributed by atoms with van der Waals surface area (Å²) < 4.78 is 5.54. The number of hydrogen-bond donors (Lipinski definition) is 2. The van der Waals surface area contributed by atoms with Gasteiger partial charge in [-0.15, -0.1) is 0 Å². The van der Waals surface area contributed by atoms with Gasteiger partial charge in [-0.3, -0.25) is 19.5 Å². The second kappa shape index (κ2) is 9.67. The molecule has 29 heavy (non-hydrogen) atoms. The van der Waals surface area contributed by atoms with Gasteiger partial charge in [-0.05, 0) is 57.1 Å². The third-order valence-electron chi connectivity index (χ3n) is 6.54. The van der Waals surface area contributed by atoms with Gasteiger partial charge in [0.2, 0.25) is 5.91 Å². The summed E-state index contributed by atoms with van der Waals surface area (Å²) in [5, 5.41) is 6.39. The van der Waals surface area contributed by atoms with Crippen molar-refractivity contribution in [3.05, 3.63) is 30.1 Å². The van der Waals surface area contributed by atoms with Crippen molar-refractivity contribution in [3.63, 3.8) is 0 Å². The normalized spacial score (nSPS) is 26.9. The molecule has 0 aromatic carbocycles. The Morgan fingerprint density at radius 3 is 2.48 bits per heavy atom. The molecule has 3 heterocycles. The van der Waals surface area contributed by atoms with E-state index in [0.29, 0.717) is 17.8 Å². The van der Waals surface area contributed by atoms with Crippen molar-refractivity contribution in [2.24, 2.45) is 5.92 Å². The number of rotatable bonds is 5. The summed E-state index contributed by atoms with van der Waals surface area (Å²) in [5.41, 5.74) is 0.439. The quantitative estimate of drug-likeness (QED) is 0.787. The Kier molecular flexibility index (Phi) is 6.77. The fourth-order valence-corrected chi connectivity index (χ4v) is 4.53. The molecular formula is C22H32N4O3. The summed E-state index contributed by atoms with van der Waals surface area (Å²) in [6.07, 6.45) is 8.63. The van der Waals surface area contributed by atoms with Gasteiger partial charge < -0.3 is 15.4 Å². The van der Waals surface area contributed by atoms with E-state index in [0.717, 1.165) is 64.8 Å². The molecule has 2 N–H and O–H groups in total. The first-order valence-corrected chi connectivity index (χ1v) is 11.0. The Balaban J connectivity index is 1.42. The average Bonchev–Trinajstić information content (AvgIpc) is 2.95. The molecule has 158 valence electrons. The number of carbonyl (C=O) groups excluding carboxylic acids is 2. The number of pyridine rings is 1. The van der Waals surface area contributed by atoms with Crippen molar-refractivity contribution in [1.82, 2.24) is 20.5 Å². The molecule has 3 fully saturated rings. The highest BCUT2D eigenvalue weighted by molar-refractivity contribution is 5.92. The highest BCUT2D eigenvalue weighted by Gasteiger charge is 2.34. The van der Waals surface area contributed by atoms with E-state index in [4.69, 9.17) is 4.74 Å². The van der Waals surface area contributed by atoms with Gasteiger partial charge in [0.25, 0.3) is 5.91 Å². The lowest BCUT2D eigenvalue weighted by Gasteiger charge is -2.36. The molecule has 7 heteroatoms. The second-order valence-corrected chi connectivity index (χ2v) is 8.59. The van der Waals surface area contributed by atoms with E-state index in [-0.39, 0.29) is 23.8 Å². The van der Waals surface area contributed by atoms with Crippen molar-refractivity contribution < 1.29 is 14.3 Å². The highest BCUT2D eigenvalue weighted by Crippen LogP contribution is 2.25. The molecule has 3 aliphatic rings. The summed E-state index contributed by atoms with van der Waals surface area (Å²) in [5.74, 6) is 0.0264. The number of likely N-dealkylation sites (tertiary alicyclic amines) is 1. The number of hydrogen-bond acceptors (Lipinski definition) is 5. The summed E-state index contributed by atoms with van der Waals surface area (Å²) in [4.78, 5) is 32.1. The van der Waals surface area contributed by atoms with Gasteiger partial charge in [0.15, 0.2) is 0 Å². The Morgan fingerprint density at radius 1 is 0.966 bits per heavy atom. The standard InChI is InChI=1S/C22H32N4O3/c27-21(24-17-4-3-5-17)16-7-8-18(25-22(28)20-6-1-2-11-23-20)15-26(14-16)19-9-12-29-13-10-19/h1-2,6,11,16-19H,3-5,7-10,12-15H2,(H,24,27)(H,25,28)/t16-,18+/m1/s1. The maximum absolute atomic E-state index is 12.9. The van der Waals surface area contributed by atoms with E-state index in [2.05, 4.69) is 20.5 Å². The molecule has 0 bridgehead atoms. The van der Waals surface area contributed by atoms with Crippen LogP contribution >= 0.6 is 0 Å². The molecule has 2 aliphatic heterocycles. The Labute approximate surface area is 172 Å². The van der Waals surface area contributed by atoms with E-state index in [9.17, 15) is 9.59 Å². The van der Waals surface area contributed by atoms with Crippen LogP contribution in [0, 0.1) is 5.92 Å². The zero-order valence-corrected chi connectivity index (χ0v) is 17.0. The number of aromatic nitrogens is 1. The van der Waals surface area contributed by atoms with Crippen molar-refractivity contribution in [2.45, 2.75) is 63.1 Å². The molecular weight excluding hydrogens is 368 g/mol. The minimum absolute atomic E-state index is 0.0183. The number of nitrogens with zero attached hydrogens (tertiary/aromatic N) is 2. The predicted octanol–water partition coefficient (Wildman–Crippen LogP) is 1.74. The van der Waals surface area contributed by atoms with Crippen LogP contribution < -0.4 is 10.6 Å². The van der Waals surface area contributed by atoms with Gasteiger partial charge >= 0.3 is 0 Å². The number of amides is 2. The summed E-state index contributed by atoms with van der Waals surface area (Å²) >= 11 is 0. The van der Waals surface area contributed by atoms with Crippen LogP contribution in [0.25, 0.3) is 0 Å². The lowest BCUT2D eigenvalue weighted by Crippen LogP contribution is -2.50. The number of carbonyl (C=O) groups is 2. The van der Waals surface area contributed by atoms with Crippen molar-refractivity contribution in [2.75, 3.05) is 26.3 Å². The minimum Gasteiger partial charge on any atom is -0.381 e. The number of nitrogens with one attached hydrogen (secondary N) is 2. The van der Waals surface area contributed by atoms with Gasteiger partial charge in [0.05, 0.1) is 5.92 Å². The topological polar surface area (TPSA) is 83.6 Å². The van der Waals surface area contributed by atoms with E-state index in [1.807, 2.05) is 6.07 Å². The first kappa shape index (κ1) is 20.3. The highest BCUT2D eigenvalue weighted by atomic mass is 16.5. The molecule has 1 saturated carbocycles. The molecule has 0 radical (unpaired) electrons. The third kappa shape index (κ3) is 5.34. The molecule has 1 aromatic rings. The van der Waals surface area contributed by atoms with E-state index < -0.39 is 0 Å². The first-order valence-electron chi connectivity index (χ1n) is 11.0. The molecule has 4 rings (SSSR count). The van der Waals surface area contributed by atoms with Gasteiger partial charge in [0.1, 0.15) is 5.69 Å². The summed E-state index contributed by atoms with van der Waals surface area (Å²) in [6, 6.07) is 6.16. The van der Waals surface area contributed by atoms with Crippen LogP contribution in [0.4, 0.5) is 0 Å². The molecule has 0 spiro atoms. The summed E-state index contributed by atoms with van der Waals surface area (Å²) in [7, 11) is 0. The van der Waals surface area contributed by atoms with Crippen LogP contribution in [0.3, 0.4) is 0 Å². The largest absolute Gasteiger partial charge is 0.381 e. The minimum atomic E-state index is -0.139. The number of ether oxygens (including phenoxy) is 1. The van der Waals surface area contributed by atoms with Crippen molar-refractivity contribution in [1.29, 1.82) is 0 Å². The van der Waals surface area contributed by atoms with E-state index in [1.54, 1.807) is 18.3 Å². The zero-order chi connectivity index (χ0) is 20.1. The van der Waals surface area contributed by atoms with Gasteiger partial charge in [-0.25, -0.2) is 0 Å². The van der Waals surface area contributed by atoms with E-state index in [1.165, 1.54) is 6.42 Å². The first-order chi connectivity index (χ1) is 14.2. The Hall–Kier alpha value is -1.99. The Bertz CT molecular complexity index is 689. The van der Waals surface area contributed by atoms with Gasteiger partial charge in [-0.2, -0.15) is 0 Å².